The third kappa shape index (κ3) is 1.40. The van der Waals surface area contributed by atoms with E-state index in [1.807, 2.05) is 11.6 Å². The summed E-state index contributed by atoms with van der Waals surface area (Å²) in [5.74, 6) is 2.68. The molecule has 1 fully saturated rings. The highest BCUT2D eigenvalue weighted by Gasteiger charge is 2.30. The fraction of sp³-hybridized carbons (Fsp3) is 0.600. The Labute approximate surface area is 102 Å². The number of aromatic nitrogens is 4. The van der Waals surface area contributed by atoms with Crippen LogP contribution in [0.4, 0.5) is 0 Å². The van der Waals surface area contributed by atoms with E-state index in [9.17, 15) is 0 Å². The topological polar surface area (TPSA) is 61.1 Å². The van der Waals surface area contributed by atoms with Crippen molar-refractivity contribution in [3.05, 3.63) is 16.1 Å². The number of nitrogens with zero attached hydrogens (tertiary/aromatic N) is 4. The summed E-state index contributed by atoms with van der Waals surface area (Å²) >= 11 is 3.54. The predicted octanol–water partition coefficient (Wildman–Crippen LogP) is 1.21. The average Bonchev–Trinajstić information content (AvgIpc) is 2.99. The number of nitrogens with two attached hydrogens (primary N) is 1. The molecular weight excluding hydrogens is 270 g/mol. The first-order valence-corrected chi connectivity index (χ1v) is 6.31. The van der Waals surface area contributed by atoms with E-state index < -0.39 is 0 Å². The lowest BCUT2D eigenvalue weighted by atomic mass is 10.3. The second-order valence-electron chi connectivity index (χ2n) is 4.29. The molecule has 86 valence electrons. The molecule has 5 nitrogen and oxygen atoms in total. The maximum absolute atomic E-state index is 5.55. The van der Waals surface area contributed by atoms with Crippen molar-refractivity contribution in [1.29, 1.82) is 0 Å². The van der Waals surface area contributed by atoms with Crippen LogP contribution in [-0.4, -0.2) is 25.7 Å². The van der Waals surface area contributed by atoms with Crippen LogP contribution >= 0.6 is 15.9 Å². The molecule has 0 unspecified atom stereocenters. The van der Waals surface area contributed by atoms with E-state index in [0.717, 1.165) is 28.3 Å². The molecule has 2 N–H and O–H groups in total. The Kier molecular flexibility index (Phi) is 2.29. The molecule has 0 spiro atoms. The SMILES string of the molecule is Cn1c(C2CC2)nn2c(Br)c(CCN)nc12. The van der Waals surface area contributed by atoms with Crippen LogP contribution in [0.5, 0.6) is 0 Å². The number of hydrogen-bond donors (Lipinski definition) is 1. The molecule has 1 aliphatic rings. The number of aryl methyl sites for hydroxylation is 1. The van der Waals surface area contributed by atoms with Gasteiger partial charge in [-0.2, -0.15) is 9.61 Å². The number of rotatable bonds is 3. The zero-order valence-electron chi connectivity index (χ0n) is 9.15. The second kappa shape index (κ2) is 3.56. The molecule has 0 aliphatic heterocycles. The highest BCUT2D eigenvalue weighted by Crippen LogP contribution is 2.39. The van der Waals surface area contributed by atoms with Crippen LogP contribution < -0.4 is 5.73 Å². The Morgan fingerprint density at radius 1 is 1.50 bits per heavy atom. The zero-order valence-corrected chi connectivity index (χ0v) is 10.7. The van der Waals surface area contributed by atoms with Crippen molar-refractivity contribution < 1.29 is 0 Å². The summed E-state index contributed by atoms with van der Waals surface area (Å²) in [5, 5.41) is 4.61. The Bertz CT molecular complexity index is 537. The van der Waals surface area contributed by atoms with Gasteiger partial charge in [0.15, 0.2) is 0 Å². The van der Waals surface area contributed by atoms with Crippen molar-refractivity contribution in [2.45, 2.75) is 25.2 Å². The van der Waals surface area contributed by atoms with Gasteiger partial charge in [0.2, 0.25) is 5.78 Å². The third-order valence-corrected chi connectivity index (χ3v) is 3.81. The normalized spacial score (nSPS) is 16.2. The summed E-state index contributed by atoms with van der Waals surface area (Å²) in [5.41, 5.74) is 6.54. The van der Waals surface area contributed by atoms with Crippen molar-refractivity contribution >= 4 is 21.7 Å². The molecular formula is C10H14BrN5. The van der Waals surface area contributed by atoms with E-state index in [2.05, 4.69) is 30.6 Å². The smallest absolute Gasteiger partial charge is 0.233 e. The lowest BCUT2D eigenvalue weighted by Crippen LogP contribution is -2.04. The van der Waals surface area contributed by atoms with Gasteiger partial charge in [0, 0.05) is 19.4 Å². The molecule has 2 heterocycles. The Morgan fingerprint density at radius 3 is 2.81 bits per heavy atom. The van der Waals surface area contributed by atoms with Crippen LogP contribution in [0.2, 0.25) is 0 Å². The van der Waals surface area contributed by atoms with Crippen molar-refractivity contribution in [2.24, 2.45) is 12.8 Å². The average molecular weight is 284 g/mol. The molecule has 1 saturated carbocycles. The molecule has 0 amide bonds. The largest absolute Gasteiger partial charge is 0.330 e. The number of imidazole rings is 1. The summed E-state index contributed by atoms with van der Waals surface area (Å²) in [4.78, 5) is 4.57. The van der Waals surface area contributed by atoms with Gasteiger partial charge in [-0.1, -0.05) is 0 Å². The van der Waals surface area contributed by atoms with Crippen LogP contribution in [0.3, 0.4) is 0 Å². The molecule has 6 heteroatoms. The molecule has 0 atom stereocenters. The standard InChI is InChI=1S/C10H14BrN5/c1-15-9(6-2-3-6)14-16-8(11)7(4-5-12)13-10(15)16/h6H,2-5,12H2,1H3. The number of halogens is 1. The van der Waals surface area contributed by atoms with Gasteiger partial charge in [0.05, 0.1) is 5.69 Å². The van der Waals surface area contributed by atoms with Crippen molar-refractivity contribution in [3.8, 4) is 0 Å². The van der Waals surface area contributed by atoms with Crippen LogP contribution in [0.25, 0.3) is 5.78 Å². The van der Waals surface area contributed by atoms with Gasteiger partial charge in [-0.25, -0.2) is 4.98 Å². The van der Waals surface area contributed by atoms with E-state index in [1.54, 1.807) is 0 Å². The summed E-state index contributed by atoms with van der Waals surface area (Å²) in [7, 11) is 2.03. The Hall–Kier alpha value is -0.880. The maximum atomic E-state index is 5.55. The summed E-state index contributed by atoms with van der Waals surface area (Å²) < 4.78 is 4.90. The molecule has 0 aromatic carbocycles. The van der Waals surface area contributed by atoms with Crippen molar-refractivity contribution in [2.75, 3.05) is 6.54 Å². The highest BCUT2D eigenvalue weighted by atomic mass is 79.9. The molecule has 0 bridgehead atoms. The Morgan fingerprint density at radius 2 is 2.25 bits per heavy atom. The summed E-state index contributed by atoms with van der Waals surface area (Å²) in [6, 6.07) is 0. The fourth-order valence-electron chi connectivity index (χ4n) is 1.99. The van der Waals surface area contributed by atoms with Crippen LogP contribution in [0.1, 0.15) is 30.3 Å². The monoisotopic (exact) mass is 283 g/mol. The molecule has 0 saturated heterocycles. The molecule has 16 heavy (non-hydrogen) atoms. The van der Waals surface area contributed by atoms with Gasteiger partial charge in [-0.15, -0.1) is 0 Å². The maximum Gasteiger partial charge on any atom is 0.233 e. The van der Waals surface area contributed by atoms with E-state index >= 15 is 0 Å². The van der Waals surface area contributed by atoms with Crippen molar-refractivity contribution in [1.82, 2.24) is 19.2 Å². The quantitative estimate of drug-likeness (QED) is 0.921. The zero-order chi connectivity index (χ0) is 11.3. The first-order valence-electron chi connectivity index (χ1n) is 5.52. The fourth-order valence-corrected chi connectivity index (χ4v) is 2.52. The minimum Gasteiger partial charge on any atom is -0.330 e. The van der Waals surface area contributed by atoms with Crippen LogP contribution in [0.15, 0.2) is 4.60 Å². The van der Waals surface area contributed by atoms with E-state index in [0.29, 0.717) is 12.5 Å². The molecule has 0 radical (unpaired) electrons. The first-order chi connectivity index (χ1) is 7.72. The number of hydrogen-bond acceptors (Lipinski definition) is 3. The second-order valence-corrected chi connectivity index (χ2v) is 5.04. The van der Waals surface area contributed by atoms with E-state index in [1.165, 1.54) is 12.8 Å². The molecule has 1 aliphatic carbocycles. The van der Waals surface area contributed by atoms with Gasteiger partial charge in [0.1, 0.15) is 10.4 Å². The van der Waals surface area contributed by atoms with Gasteiger partial charge in [-0.3, -0.25) is 4.57 Å². The molecule has 3 rings (SSSR count). The minimum absolute atomic E-state index is 0.609. The molecule has 2 aromatic heterocycles. The predicted molar refractivity (Wildman–Crippen MR) is 64.4 cm³/mol. The van der Waals surface area contributed by atoms with Crippen molar-refractivity contribution in [3.63, 3.8) is 0 Å². The highest BCUT2D eigenvalue weighted by molar-refractivity contribution is 9.10. The van der Waals surface area contributed by atoms with Gasteiger partial charge < -0.3 is 5.73 Å². The van der Waals surface area contributed by atoms with E-state index in [4.69, 9.17) is 5.73 Å². The molecule has 2 aromatic rings. The Balaban J connectivity index is 2.14. The van der Waals surface area contributed by atoms with Gasteiger partial charge in [-0.05, 0) is 35.3 Å². The minimum atomic E-state index is 0.609. The summed E-state index contributed by atoms with van der Waals surface area (Å²) in [6.07, 6.45) is 3.28. The third-order valence-electron chi connectivity index (χ3n) is 3.02. The number of fused-ring (bicyclic) bond motifs is 1. The van der Waals surface area contributed by atoms with Crippen LogP contribution in [-0.2, 0) is 13.5 Å². The lowest BCUT2D eigenvalue weighted by molar-refractivity contribution is 0.790. The van der Waals surface area contributed by atoms with Crippen LogP contribution in [0, 0.1) is 0 Å². The first kappa shape index (κ1) is 10.3. The van der Waals surface area contributed by atoms with E-state index in [-0.39, 0.29) is 0 Å². The van der Waals surface area contributed by atoms with Gasteiger partial charge in [0.25, 0.3) is 0 Å². The lowest BCUT2D eigenvalue weighted by Gasteiger charge is -1.96. The van der Waals surface area contributed by atoms with Gasteiger partial charge >= 0.3 is 0 Å². The summed E-state index contributed by atoms with van der Waals surface area (Å²) in [6.45, 7) is 0.609.